The minimum Gasteiger partial charge on any atom is -0.374 e. The molecular weight excluding hydrogens is 456 g/mol. The average Bonchev–Trinajstić information content (AvgIpc) is 3.56. The molecule has 0 radical (unpaired) electrons. The molecule has 1 fully saturated rings. The van der Waals surface area contributed by atoms with Crippen LogP contribution in [0, 0.1) is 0 Å². The van der Waals surface area contributed by atoms with Gasteiger partial charge >= 0.3 is 0 Å². The Bertz CT molecular complexity index is 1150. The van der Waals surface area contributed by atoms with E-state index in [0.717, 1.165) is 16.7 Å². The van der Waals surface area contributed by atoms with Gasteiger partial charge in [-0.2, -0.15) is 5.21 Å². The highest BCUT2D eigenvalue weighted by molar-refractivity contribution is 5.15. The number of rotatable bonds is 12. The standard InChI is InChI=1S/C28H30N4O4/c1-4-10-21(11-5-1)17-33-20-25-28(35-19-23-14-8-3-9-15-23)27(34-18-22-12-6-2-7-13-22)24(36-25)16-26-29-31-32-30-26/h1-15,24-25,27-28H,16-20H2,(H,29,30,31,32)/t24-,25+,27-,28+/m0/s1. The maximum atomic E-state index is 6.48. The second-order valence-electron chi connectivity index (χ2n) is 8.77. The van der Waals surface area contributed by atoms with Gasteiger partial charge in [-0.25, -0.2) is 0 Å². The maximum Gasteiger partial charge on any atom is 0.177 e. The van der Waals surface area contributed by atoms with Gasteiger partial charge in [-0.15, -0.1) is 10.2 Å². The maximum absolute atomic E-state index is 6.48. The first-order chi connectivity index (χ1) is 17.8. The van der Waals surface area contributed by atoms with E-state index >= 15 is 0 Å². The molecule has 8 nitrogen and oxygen atoms in total. The van der Waals surface area contributed by atoms with Crippen LogP contribution in [0.2, 0.25) is 0 Å². The molecule has 1 aromatic heterocycles. The highest BCUT2D eigenvalue weighted by Gasteiger charge is 2.46. The van der Waals surface area contributed by atoms with Crippen LogP contribution in [-0.2, 0) is 45.2 Å². The molecule has 1 saturated heterocycles. The summed E-state index contributed by atoms with van der Waals surface area (Å²) in [6, 6.07) is 30.3. The number of ether oxygens (including phenoxy) is 4. The SMILES string of the molecule is c1ccc(COC[C@H]2O[C@@H](Cc3nn[nH]n3)[C@H](OCc3ccccc3)[C@@H]2OCc2ccccc2)cc1. The highest BCUT2D eigenvalue weighted by Crippen LogP contribution is 2.30. The van der Waals surface area contributed by atoms with Crippen molar-refractivity contribution in [1.82, 2.24) is 20.6 Å². The lowest BCUT2D eigenvalue weighted by atomic mass is 10.0. The lowest BCUT2D eigenvalue weighted by Gasteiger charge is -2.25. The van der Waals surface area contributed by atoms with Crippen LogP contribution in [0.3, 0.4) is 0 Å². The first-order valence-electron chi connectivity index (χ1n) is 12.2. The molecule has 0 amide bonds. The molecule has 3 aromatic carbocycles. The molecule has 186 valence electrons. The number of aromatic nitrogens is 4. The van der Waals surface area contributed by atoms with Crippen molar-refractivity contribution in [2.45, 2.75) is 50.7 Å². The van der Waals surface area contributed by atoms with Gasteiger partial charge in [-0.1, -0.05) is 96.2 Å². The fourth-order valence-electron chi connectivity index (χ4n) is 4.35. The lowest BCUT2D eigenvalue weighted by Crippen LogP contribution is -2.39. The van der Waals surface area contributed by atoms with Gasteiger partial charge in [-0.3, -0.25) is 0 Å². The number of nitrogens with zero attached hydrogens (tertiary/aromatic N) is 3. The van der Waals surface area contributed by atoms with E-state index in [1.54, 1.807) is 0 Å². The van der Waals surface area contributed by atoms with Crippen molar-refractivity contribution in [3.63, 3.8) is 0 Å². The minimum atomic E-state index is -0.335. The smallest absolute Gasteiger partial charge is 0.177 e. The fraction of sp³-hybridized carbons (Fsp3) is 0.321. The van der Waals surface area contributed by atoms with E-state index < -0.39 is 0 Å². The van der Waals surface area contributed by atoms with Gasteiger partial charge in [0.25, 0.3) is 0 Å². The quantitative estimate of drug-likeness (QED) is 0.325. The molecule has 0 bridgehead atoms. The van der Waals surface area contributed by atoms with Gasteiger partial charge in [-0.05, 0) is 16.7 Å². The van der Waals surface area contributed by atoms with Crippen molar-refractivity contribution < 1.29 is 18.9 Å². The zero-order chi connectivity index (χ0) is 24.4. The Kier molecular flexibility index (Phi) is 8.43. The number of H-pyrrole nitrogens is 1. The van der Waals surface area contributed by atoms with E-state index in [4.69, 9.17) is 18.9 Å². The van der Waals surface area contributed by atoms with Crippen LogP contribution in [0.15, 0.2) is 91.0 Å². The van der Waals surface area contributed by atoms with E-state index in [9.17, 15) is 0 Å². The molecule has 2 heterocycles. The van der Waals surface area contributed by atoms with Crippen LogP contribution in [0.4, 0.5) is 0 Å². The molecule has 4 aromatic rings. The first kappa shape index (κ1) is 24.3. The van der Waals surface area contributed by atoms with Crippen LogP contribution in [-0.4, -0.2) is 51.6 Å². The van der Waals surface area contributed by atoms with Crippen LogP contribution in [0.25, 0.3) is 0 Å². The fourth-order valence-corrected chi connectivity index (χ4v) is 4.35. The number of nitrogens with one attached hydrogen (secondary N) is 1. The van der Waals surface area contributed by atoms with Crippen LogP contribution in [0.5, 0.6) is 0 Å². The molecule has 0 aliphatic carbocycles. The van der Waals surface area contributed by atoms with Crippen LogP contribution >= 0.6 is 0 Å². The number of aromatic amines is 1. The molecule has 1 N–H and O–H groups in total. The third kappa shape index (κ3) is 6.61. The normalized spacial score (nSPS) is 21.6. The Balaban J connectivity index is 1.32. The predicted molar refractivity (Wildman–Crippen MR) is 133 cm³/mol. The zero-order valence-corrected chi connectivity index (χ0v) is 20.0. The number of hydrogen-bond donors (Lipinski definition) is 1. The van der Waals surface area contributed by atoms with Gasteiger partial charge < -0.3 is 18.9 Å². The van der Waals surface area contributed by atoms with E-state index in [2.05, 4.69) is 20.6 Å². The molecule has 4 atom stereocenters. The van der Waals surface area contributed by atoms with Crippen molar-refractivity contribution in [2.75, 3.05) is 6.61 Å². The van der Waals surface area contributed by atoms with Crippen LogP contribution < -0.4 is 0 Å². The summed E-state index contributed by atoms with van der Waals surface area (Å²) in [7, 11) is 0. The van der Waals surface area contributed by atoms with Crippen LogP contribution in [0.1, 0.15) is 22.5 Å². The minimum absolute atomic E-state index is 0.308. The molecule has 1 aliphatic rings. The summed E-state index contributed by atoms with van der Waals surface area (Å²) >= 11 is 0. The Morgan fingerprint density at radius 3 is 1.72 bits per heavy atom. The van der Waals surface area contributed by atoms with Crippen molar-refractivity contribution in [3.8, 4) is 0 Å². The van der Waals surface area contributed by atoms with Crippen molar-refractivity contribution in [1.29, 1.82) is 0 Å². The first-order valence-corrected chi connectivity index (χ1v) is 12.2. The number of hydrogen-bond acceptors (Lipinski definition) is 7. The van der Waals surface area contributed by atoms with Crippen molar-refractivity contribution >= 4 is 0 Å². The molecular formula is C28H30N4O4. The van der Waals surface area contributed by atoms with Gasteiger partial charge in [0.05, 0.1) is 32.5 Å². The topological polar surface area (TPSA) is 91.4 Å². The molecule has 0 unspecified atom stereocenters. The van der Waals surface area contributed by atoms with Gasteiger partial charge in [0.15, 0.2) is 5.82 Å². The summed E-state index contributed by atoms with van der Waals surface area (Å²) in [5, 5.41) is 14.5. The Labute approximate surface area is 210 Å². The second-order valence-corrected chi connectivity index (χ2v) is 8.77. The Hall–Kier alpha value is -3.43. The van der Waals surface area contributed by atoms with Crippen molar-refractivity contribution in [2.24, 2.45) is 0 Å². The van der Waals surface area contributed by atoms with Gasteiger partial charge in [0.2, 0.25) is 0 Å². The average molecular weight is 487 g/mol. The molecule has 36 heavy (non-hydrogen) atoms. The summed E-state index contributed by atoms with van der Waals surface area (Å²) in [5.41, 5.74) is 3.28. The Morgan fingerprint density at radius 1 is 0.667 bits per heavy atom. The number of benzene rings is 3. The zero-order valence-electron chi connectivity index (χ0n) is 20.0. The summed E-state index contributed by atoms with van der Waals surface area (Å²) < 4.78 is 25.5. The molecule has 1 aliphatic heterocycles. The van der Waals surface area contributed by atoms with E-state index in [-0.39, 0.29) is 24.4 Å². The largest absolute Gasteiger partial charge is 0.374 e. The predicted octanol–water partition coefficient (Wildman–Crippen LogP) is 3.90. The van der Waals surface area contributed by atoms with Gasteiger partial charge in [0.1, 0.15) is 18.3 Å². The molecule has 0 saturated carbocycles. The number of tetrazole rings is 1. The second kappa shape index (κ2) is 12.5. The summed E-state index contributed by atoms with van der Waals surface area (Å²) in [6.45, 7) is 1.77. The summed E-state index contributed by atoms with van der Waals surface area (Å²) in [6.07, 6.45) is -0.831. The van der Waals surface area contributed by atoms with E-state index in [1.165, 1.54) is 0 Å². The van der Waals surface area contributed by atoms with E-state index in [1.807, 2.05) is 91.0 Å². The monoisotopic (exact) mass is 486 g/mol. The summed E-state index contributed by atoms with van der Waals surface area (Å²) in [5.74, 6) is 0.570. The molecule has 8 heteroatoms. The summed E-state index contributed by atoms with van der Waals surface area (Å²) in [4.78, 5) is 0. The third-order valence-corrected chi connectivity index (χ3v) is 6.14. The molecule has 5 rings (SSSR count). The highest BCUT2D eigenvalue weighted by atomic mass is 16.6. The Morgan fingerprint density at radius 2 is 1.19 bits per heavy atom. The van der Waals surface area contributed by atoms with Crippen molar-refractivity contribution in [3.05, 3.63) is 114 Å². The van der Waals surface area contributed by atoms with E-state index in [0.29, 0.717) is 38.7 Å². The van der Waals surface area contributed by atoms with Gasteiger partial charge in [0, 0.05) is 6.42 Å². The molecule has 0 spiro atoms. The lowest BCUT2D eigenvalue weighted by molar-refractivity contribution is -0.0898. The third-order valence-electron chi connectivity index (χ3n) is 6.14.